The van der Waals surface area contributed by atoms with Crippen LogP contribution in [0, 0.1) is 17.8 Å². The van der Waals surface area contributed by atoms with Gasteiger partial charge in [-0.15, -0.1) is 0 Å². The van der Waals surface area contributed by atoms with Crippen LogP contribution in [0.1, 0.15) is 41.0 Å². The summed E-state index contributed by atoms with van der Waals surface area (Å²) in [6.45, 7) is 12.8. The van der Waals surface area contributed by atoms with Crippen molar-refractivity contribution in [3.8, 4) is 11.8 Å². The topological polar surface area (TPSA) is 49.3 Å². The van der Waals surface area contributed by atoms with Crippen LogP contribution in [-0.2, 0) is 4.79 Å². The molecule has 0 aromatic rings. The molecule has 0 spiro atoms. The van der Waals surface area contributed by atoms with Crippen LogP contribution in [0.5, 0.6) is 0 Å². The minimum absolute atomic E-state index is 0.218. The Morgan fingerprint density at radius 1 is 1.37 bits per heavy atom. The van der Waals surface area contributed by atoms with Crippen molar-refractivity contribution in [2.24, 2.45) is 5.92 Å². The Bertz CT molecular complexity index is 758. The summed E-state index contributed by atoms with van der Waals surface area (Å²) in [6.07, 6.45) is 16.4. The second kappa shape index (κ2) is 10.5. The summed E-state index contributed by atoms with van der Waals surface area (Å²) >= 11 is 0. The first-order valence-corrected chi connectivity index (χ1v) is 9.30. The van der Waals surface area contributed by atoms with Gasteiger partial charge in [0, 0.05) is 22.6 Å². The lowest BCUT2D eigenvalue weighted by Crippen LogP contribution is -2.47. The fourth-order valence-electron chi connectivity index (χ4n) is 2.22. The van der Waals surface area contributed by atoms with Crippen LogP contribution in [0.25, 0.3) is 0 Å². The van der Waals surface area contributed by atoms with Crippen molar-refractivity contribution in [2.75, 3.05) is 0 Å². The second-order valence-electron chi connectivity index (χ2n) is 7.18. The first-order valence-electron chi connectivity index (χ1n) is 9.30. The number of carbonyl (C=O) groups is 1. The Hall–Kier alpha value is -2.57. The van der Waals surface area contributed by atoms with Gasteiger partial charge in [-0.1, -0.05) is 67.9 Å². The summed E-state index contributed by atoms with van der Waals surface area (Å²) in [5.41, 5.74) is 1.37. The zero-order valence-electron chi connectivity index (χ0n) is 17.0. The number of amides is 1. The zero-order valence-corrected chi connectivity index (χ0v) is 17.0. The van der Waals surface area contributed by atoms with Gasteiger partial charge in [-0.05, 0) is 40.2 Å². The van der Waals surface area contributed by atoms with E-state index in [0.29, 0.717) is 11.5 Å². The Balaban J connectivity index is 2.92. The molecule has 1 aliphatic carbocycles. The molecule has 2 atom stereocenters. The number of carbonyl (C=O) groups excluding carboxylic acids is 1. The molecule has 0 aromatic heterocycles. The lowest BCUT2D eigenvalue weighted by molar-refractivity contribution is -0.119. The third kappa shape index (κ3) is 7.68. The largest absolute Gasteiger partial charge is 0.388 e. The van der Waals surface area contributed by atoms with Gasteiger partial charge >= 0.3 is 0 Å². The Morgan fingerprint density at radius 3 is 2.67 bits per heavy atom. The van der Waals surface area contributed by atoms with Crippen LogP contribution >= 0.6 is 0 Å². The first kappa shape index (κ1) is 22.5. The van der Waals surface area contributed by atoms with Crippen molar-refractivity contribution in [1.29, 1.82) is 0 Å². The molecule has 0 saturated carbocycles. The van der Waals surface area contributed by atoms with Gasteiger partial charge in [-0.3, -0.25) is 4.79 Å². The molecule has 3 heteroatoms. The van der Waals surface area contributed by atoms with Crippen molar-refractivity contribution in [2.45, 2.75) is 52.7 Å². The van der Waals surface area contributed by atoms with E-state index in [2.05, 4.69) is 36.7 Å². The van der Waals surface area contributed by atoms with Crippen molar-refractivity contribution >= 4 is 5.91 Å². The van der Waals surface area contributed by atoms with Crippen LogP contribution in [0.15, 0.2) is 71.9 Å². The summed E-state index contributed by atoms with van der Waals surface area (Å²) in [7, 11) is 0. The molecule has 27 heavy (non-hydrogen) atoms. The summed E-state index contributed by atoms with van der Waals surface area (Å²) < 4.78 is 0. The summed E-state index contributed by atoms with van der Waals surface area (Å²) in [5, 5.41) is 12.7. The van der Waals surface area contributed by atoms with Crippen LogP contribution in [0.2, 0.25) is 0 Å². The van der Waals surface area contributed by atoms with Crippen LogP contribution in [0.3, 0.4) is 0 Å². The minimum Gasteiger partial charge on any atom is -0.388 e. The third-order valence-electron chi connectivity index (χ3n) is 4.53. The highest BCUT2D eigenvalue weighted by Gasteiger charge is 2.23. The zero-order chi connectivity index (χ0) is 20.4. The molecular weight excluding hydrogens is 334 g/mol. The van der Waals surface area contributed by atoms with E-state index in [-0.39, 0.29) is 11.9 Å². The predicted molar refractivity (Wildman–Crippen MR) is 114 cm³/mol. The normalized spacial score (nSPS) is 18.7. The third-order valence-corrected chi connectivity index (χ3v) is 4.53. The van der Waals surface area contributed by atoms with E-state index in [9.17, 15) is 9.90 Å². The van der Waals surface area contributed by atoms with Gasteiger partial charge in [-0.25, -0.2) is 0 Å². The summed E-state index contributed by atoms with van der Waals surface area (Å²) in [6, 6.07) is -0.356. The highest BCUT2D eigenvalue weighted by atomic mass is 16.3. The molecule has 0 aromatic carbocycles. The maximum absolute atomic E-state index is 12.2. The number of rotatable bonds is 6. The quantitative estimate of drug-likeness (QED) is 0.416. The van der Waals surface area contributed by atoms with E-state index in [1.165, 1.54) is 0 Å². The van der Waals surface area contributed by atoms with Crippen LogP contribution in [0.4, 0.5) is 0 Å². The Kier molecular flexibility index (Phi) is 8.78. The van der Waals surface area contributed by atoms with Gasteiger partial charge in [-0.2, -0.15) is 0 Å². The van der Waals surface area contributed by atoms with Gasteiger partial charge < -0.3 is 10.4 Å². The SMILES string of the molecule is C=CC(C#CC1=CC=CC=CC1CC)=CC=C(C)C(=O)NC(C)C(C)(C)O. The number of aliphatic hydroxyl groups is 1. The molecule has 2 N–H and O–H groups in total. The Labute approximate surface area is 163 Å². The first-order chi connectivity index (χ1) is 12.7. The standard InChI is InChI=1S/C24H31NO2/c1-7-20(16-17-22-13-11-9-10-12-21(22)8-2)15-14-18(3)23(26)25-19(4)24(5,6)27/h7,9-15,19,21,27H,1,8H2,2-6H3,(H,25,26). The van der Waals surface area contributed by atoms with Gasteiger partial charge in [0.2, 0.25) is 5.91 Å². The number of hydrogen-bond acceptors (Lipinski definition) is 2. The molecule has 0 heterocycles. The smallest absolute Gasteiger partial charge is 0.247 e. The monoisotopic (exact) mass is 365 g/mol. The molecule has 0 bridgehead atoms. The van der Waals surface area contributed by atoms with Gasteiger partial charge in [0.25, 0.3) is 0 Å². The number of allylic oxidation sites excluding steroid dienone is 10. The van der Waals surface area contributed by atoms with Gasteiger partial charge in [0.05, 0.1) is 11.6 Å². The average Bonchev–Trinajstić information content (AvgIpc) is 2.85. The molecule has 3 nitrogen and oxygen atoms in total. The van der Waals surface area contributed by atoms with Crippen LogP contribution < -0.4 is 5.32 Å². The van der Waals surface area contributed by atoms with Crippen molar-refractivity contribution < 1.29 is 9.90 Å². The van der Waals surface area contributed by atoms with E-state index in [1.807, 2.05) is 24.3 Å². The van der Waals surface area contributed by atoms with E-state index in [0.717, 1.165) is 17.6 Å². The predicted octanol–water partition coefficient (Wildman–Crippen LogP) is 4.40. The van der Waals surface area contributed by atoms with Gasteiger partial charge in [0.15, 0.2) is 0 Å². The molecule has 1 amide bonds. The maximum atomic E-state index is 12.2. The van der Waals surface area contributed by atoms with Gasteiger partial charge in [0.1, 0.15) is 0 Å². The van der Waals surface area contributed by atoms with E-state index in [1.54, 1.807) is 45.9 Å². The molecular formula is C24H31NO2. The number of hydrogen-bond donors (Lipinski definition) is 2. The molecule has 0 aliphatic heterocycles. The highest BCUT2D eigenvalue weighted by molar-refractivity contribution is 5.93. The van der Waals surface area contributed by atoms with Crippen molar-refractivity contribution in [3.05, 3.63) is 71.9 Å². The molecule has 0 radical (unpaired) electrons. The van der Waals surface area contributed by atoms with E-state index >= 15 is 0 Å². The van der Waals surface area contributed by atoms with Crippen molar-refractivity contribution in [3.63, 3.8) is 0 Å². The fraction of sp³-hybridized carbons (Fsp3) is 0.375. The molecule has 0 fully saturated rings. The Morgan fingerprint density at radius 2 is 2.07 bits per heavy atom. The fourth-order valence-corrected chi connectivity index (χ4v) is 2.22. The average molecular weight is 366 g/mol. The molecule has 1 rings (SSSR count). The van der Waals surface area contributed by atoms with E-state index in [4.69, 9.17) is 0 Å². The molecule has 2 unspecified atom stereocenters. The maximum Gasteiger partial charge on any atom is 0.247 e. The molecule has 0 saturated heterocycles. The number of nitrogens with one attached hydrogen (secondary N) is 1. The minimum atomic E-state index is -0.978. The van der Waals surface area contributed by atoms with E-state index < -0.39 is 5.60 Å². The van der Waals surface area contributed by atoms with Crippen molar-refractivity contribution in [1.82, 2.24) is 5.32 Å². The molecule has 144 valence electrons. The molecule has 1 aliphatic rings. The summed E-state index contributed by atoms with van der Waals surface area (Å²) in [5.74, 6) is 6.45. The van der Waals surface area contributed by atoms with Crippen LogP contribution in [-0.4, -0.2) is 22.7 Å². The highest BCUT2D eigenvalue weighted by Crippen LogP contribution is 2.18. The second-order valence-corrected chi connectivity index (χ2v) is 7.18. The lowest BCUT2D eigenvalue weighted by Gasteiger charge is -2.26. The lowest BCUT2D eigenvalue weighted by atomic mass is 9.96. The summed E-state index contributed by atoms with van der Waals surface area (Å²) in [4.78, 5) is 12.2.